The molecular formula is C38H42N6O3S4. The normalized spacial score (nSPS) is 13.9. The van der Waals surface area contributed by atoms with Crippen LogP contribution in [0.4, 0.5) is 10.0 Å². The van der Waals surface area contributed by atoms with Gasteiger partial charge in [0, 0.05) is 60.4 Å². The summed E-state index contributed by atoms with van der Waals surface area (Å²) in [5, 5.41) is 13.3. The van der Waals surface area contributed by atoms with E-state index >= 15 is 0 Å². The molecule has 13 heteroatoms. The standard InChI is InChI=1S/C19H21N3OS2.C16H15N3OS2.C3H6O/c1-11(2)22-9-8-13-16(10-22)25-18(20-12(3)23)17(13)19-21-14-6-4-5-7-15(14)24-19;1-9(20)18-15-14(10-6-7-17-8-13(10)22-15)16-19-11-4-2-3-5-12(11)21-16;1-3(2)4/h4-7,11H,8-10H2,1-3H3,(H,20,23);2-5,17H,6-8H2,1H3,(H,18,20);1-2H3. The molecule has 6 heterocycles. The summed E-state index contributed by atoms with van der Waals surface area (Å²) in [6.45, 7) is 14.5. The monoisotopic (exact) mass is 758 g/mol. The smallest absolute Gasteiger partial charge is 0.221 e. The molecule has 0 radical (unpaired) electrons. The third kappa shape index (κ3) is 8.62. The first kappa shape index (κ1) is 36.9. The summed E-state index contributed by atoms with van der Waals surface area (Å²) >= 11 is 6.78. The summed E-state index contributed by atoms with van der Waals surface area (Å²) in [5.74, 6) is 0.107. The third-order valence-corrected chi connectivity index (χ3v) is 12.7. The Kier molecular flexibility index (Phi) is 11.7. The number of hydrogen-bond acceptors (Lipinski definition) is 11. The van der Waals surface area contributed by atoms with E-state index in [4.69, 9.17) is 9.97 Å². The number of carbonyl (C=O) groups is 3. The topological polar surface area (TPSA) is 116 Å². The second-order valence-corrected chi connectivity index (χ2v) is 17.2. The van der Waals surface area contributed by atoms with Crippen LogP contribution in [0.3, 0.4) is 0 Å². The Labute approximate surface area is 314 Å². The molecule has 266 valence electrons. The lowest BCUT2D eigenvalue weighted by Crippen LogP contribution is -2.35. The Morgan fingerprint density at radius 1 is 0.725 bits per heavy atom. The number of nitrogens with one attached hydrogen (secondary N) is 3. The van der Waals surface area contributed by atoms with Crippen molar-refractivity contribution in [2.24, 2.45) is 0 Å². The van der Waals surface area contributed by atoms with Crippen LogP contribution in [0.15, 0.2) is 48.5 Å². The highest BCUT2D eigenvalue weighted by molar-refractivity contribution is 7.23. The third-order valence-electron chi connectivity index (χ3n) is 8.34. The molecule has 8 rings (SSSR count). The fourth-order valence-electron chi connectivity index (χ4n) is 6.11. The molecule has 0 bridgehead atoms. The minimum atomic E-state index is -0.0334. The molecule has 2 aliphatic rings. The van der Waals surface area contributed by atoms with Crippen molar-refractivity contribution in [3.05, 3.63) is 69.4 Å². The van der Waals surface area contributed by atoms with Crippen molar-refractivity contribution in [1.29, 1.82) is 0 Å². The summed E-state index contributed by atoms with van der Waals surface area (Å²) in [4.78, 5) is 47.5. The van der Waals surface area contributed by atoms with E-state index in [1.165, 1.54) is 44.1 Å². The van der Waals surface area contributed by atoms with Gasteiger partial charge in [0.05, 0.1) is 20.4 Å². The lowest BCUT2D eigenvalue weighted by atomic mass is 10.0. The van der Waals surface area contributed by atoms with Gasteiger partial charge < -0.3 is 20.7 Å². The number of thiophene rings is 2. The first-order valence-corrected chi connectivity index (χ1v) is 20.2. The number of thiazole rings is 2. The molecule has 2 aromatic carbocycles. The second-order valence-electron chi connectivity index (χ2n) is 12.9. The zero-order valence-corrected chi connectivity index (χ0v) is 32.9. The summed E-state index contributed by atoms with van der Waals surface area (Å²) in [5.41, 5.74) is 7.01. The number of benzene rings is 2. The van der Waals surface area contributed by atoms with Crippen molar-refractivity contribution in [3.8, 4) is 21.1 Å². The average Bonchev–Trinajstić information content (AvgIpc) is 3.85. The van der Waals surface area contributed by atoms with Gasteiger partial charge in [-0.25, -0.2) is 9.97 Å². The molecule has 0 unspecified atom stereocenters. The highest BCUT2D eigenvalue weighted by Gasteiger charge is 2.28. The summed E-state index contributed by atoms with van der Waals surface area (Å²) in [6.07, 6.45) is 1.99. The molecule has 2 amide bonds. The van der Waals surface area contributed by atoms with E-state index in [0.29, 0.717) is 6.04 Å². The largest absolute Gasteiger partial charge is 0.317 e. The number of amides is 2. The Hall–Kier alpha value is -3.85. The lowest BCUT2D eigenvalue weighted by molar-refractivity contribution is -0.115. The van der Waals surface area contributed by atoms with Crippen LogP contribution < -0.4 is 16.0 Å². The van der Waals surface area contributed by atoms with Crippen LogP contribution in [0.5, 0.6) is 0 Å². The number of Topliss-reactive ketones (excluding diaryl/α,β-unsaturated/α-hetero) is 1. The number of aromatic nitrogens is 2. The maximum absolute atomic E-state index is 11.7. The highest BCUT2D eigenvalue weighted by Crippen LogP contribution is 2.46. The van der Waals surface area contributed by atoms with E-state index < -0.39 is 0 Å². The fraction of sp³-hybridized carbons (Fsp3) is 0.342. The van der Waals surface area contributed by atoms with Crippen LogP contribution in [0.1, 0.15) is 62.4 Å². The molecule has 9 nitrogen and oxygen atoms in total. The van der Waals surface area contributed by atoms with Gasteiger partial charge in [0.25, 0.3) is 0 Å². The average molecular weight is 759 g/mol. The van der Waals surface area contributed by atoms with Gasteiger partial charge in [0.2, 0.25) is 11.8 Å². The maximum atomic E-state index is 11.7. The van der Waals surface area contributed by atoms with E-state index in [0.717, 1.165) is 81.2 Å². The number of rotatable bonds is 5. The molecular weight excluding hydrogens is 717 g/mol. The molecule has 51 heavy (non-hydrogen) atoms. The van der Waals surface area contributed by atoms with E-state index in [2.05, 4.69) is 46.8 Å². The number of para-hydroxylation sites is 2. The quantitative estimate of drug-likeness (QED) is 0.161. The fourth-order valence-corrected chi connectivity index (χ4v) is 10.9. The Morgan fingerprint density at radius 3 is 1.71 bits per heavy atom. The molecule has 0 spiro atoms. The molecule has 4 aromatic heterocycles. The molecule has 0 saturated carbocycles. The van der Waals surface area contributed by atoms with E-state index in [1.807, 2.05) is 36.4 Å². The van der Waals surface area contributed by atoms with Crippen molar-refractivity contribution < 1.29 is 14.4 Å². The lowest BCUT2D eigenvalue weighted by Gasteiger charge is -2.30. The summed E-state index contributed by atoms with van der Waals surface area (Å²) in [6, 6.07) is 16.9. The van der Waals surface area contributed by atoms with Gasteiger partial charge in [-0.15, -0.1) is 45.3 Å². The van der Waals surface area contributed by atoms with Gasteiger partial charge in [0.1, 0.15) is 25.8 Å². The number of anilines is 2. The van der Waals surface area contributed by atoms with E-state index in [9.17, 15) is 14.4 Å². The number of hydrogen-bond donors (Lipinski definition) is 3. The van der Waals surface area contributed by atoms with E-state index in [1.54, 1.807) is 59.2 Å². The zero-order valence-electron chi connectivity index (χ0n) is 29.6. The molecule has 6 aromatic rings. The minimum Gasteiger partial charge on any atom is -0.317 e. The van der Waals surface area contributed by atoms with Crippen LogP contribution in [-0.2, 0) is 40.3 Å². The van der Waals surface area contributed by atoms with Gasteiger partial charge in [0.15, 0.2) is 0 Å². The molecule has 0 fully saturated rings. The van der Waals surface area contributed by atoms with Crippen LogP contribution >= 0.6 is 45.3 Å². The number of ketones is 1. The van der Waals surface area contributed by atoms with Gasteiger partial charge >= 0.3 is 0 Å². The van der Waals surface area contributed by atoms with Crippen molar-refractivity contribution in [2.75, 3.05) is 23.7 Å². The first-order chi connectivity index (χ1) is 24.5. The van der Waals surface area contributed by atoms with Gasteiger partial charge in [-0.3, -0.25) is 14.5 Å². The SMILES string of the molecule is CC(=O)Nc1sc2c(c1-c1nc3ccccc3s1)CCN(C(C)C)C2.CC(=O)Nc1sc2c(c1-c1nc3ccccc3s1)CCNC2.CC(C)=O. The first-order valence-electron chi connectivity index (χ1n) is 17.0. The van der Waals surface area contributed by atoms with Crippen LogP contribution in [0, 0.1) is 0 Å². The maximum Gasteiger partial charge on any atom is 0.221 e. The molecule has 0 saturated heterocycles. The van der Waals surface area contributed by atoms with Crippen molar-refractivity contribution in [1.82, 2.24) is 20.2 Å². The van der Waals surface area contributed by atoms with Gasteiger partial charge in [-0.05, 0) is 82.5 Å². The molecule has 3 N–H and O–H groups in total. The van der Waals surface area contributed by atoms with Crippen molar-refractivity contribution in [3.63, 3.8) is 0 Å². The zero-order chi connectivity index (χ0) is 36.2. The van der Waals surface area contributed by atoms with Crippen LogP contribution in [-0.4, -0.2) is 51.6 Å². The molecule has 0 atom stereocenters. The van der Waals surface area contributed by atoms with Crippen molar-refractivity contribution in [2.45, 2.75) is 73.5 Å². The van der Waals surface area contributed by atoms with Crippen molar-refractivity contribution >= 4 is 93.4 Å². The number of fused-ring (bicyclic) bond motifs is 4. The van der Waals surface area contributed by atoms with E-state index in [-0.39, 0.29) is 17.6 Å². The summed E-state index contributed by atoms with van der Waals surface area (Å²) < 4.78 is 2.37. The van der Waals surface area contributed by atoms with Crippen LogP contribution in [0.2, 0.25) is 0 Å². The Morgan fingerprint density at radius 2 is 1.22 bits per heavy atom. The molecule has 0 aliphatic carbocycles. The Balaban J connectivity index is 0.000000160. The van der Waals surface area contributed by atoms with Gasteiger partial charge in [-0.1, -0.05) is 24.3 Å². The second kappa shape index (κ2) is 16.2. The predicted molar refractivity (Wildman–Crippen MR) is 215 cm³/mol. The minimum absolute atomic E-state index is 0.0262. The number of nitrogens with zero attached hydrogens (tertiary/aromatic N) is 3. The molecule has 2 aliphatic heterocycles. The Bertz CT molecular complexity index is 2140. The highest BCUT2D eigenvalue weighted by atomic mass is 32.1. The predicted octanol–water partition coefficient (Wildman–Crippen LogP) is 8.97. The number of carbonyl (C=O) groups excluding carboxylic acids is 3. The summed E-state index contributed by atoms with van der Waals surface area (Å²) in [7, 11) is 0. The van der Waals surface area contributed by atoms with Crippen LogP contribution in [0.25, 0.3) is 41.6 Å². The van der Waals surface area contributed by atoms with Gasteiger partial charge in [-0.2, -0.15) is 0 Å².